The van der Waals surface area contributed by atoms with Crippen molar-refractivity contribution >= 4 is 11.9 Å². The quantitative estimate of drug-likeness (QED) is 0.737. The number of carbonyl (C=O) groups excluding carboxylic acids is 1. The number of hydrogen-bond acceptors (Lipinski definition) is 4. The number of H-pyrrole nitrogens is 1. The van der Waals surface area contributed by atoms with Gasteiger partial charge in [-0.15, -0.1) is 0 Å². The summed E-state index contributed by atoms with van der Waals surface area (Å²) in [6, 6.07) is 2.12. The molecule has 0 saturated heterocycles. The molecular formula is C13H14N4O3. The Labute approximate surface area is 115 Å². The van der Waals surface area contributed by atoms with Crippen LogP contribution in [0, 0.1) is 6.92 Å². The van der Waals surface area contributed by atoms with Gasteiger partial charge in [-0.3, -0.25) is 9.78 Å². The minimum Gasteiger partial charge on any atom is -0.480 e. The van der Waals surface area contributed by atoms with Crippen LogP contribution in [0.2, 0.25) is 0 Å². The van der Waals surface area contributed by atoms with Crippen molar-refractivity contribution < 1.29 is 14.7 Å². The van der Waals surface area contributed by atoms with E-state index in [-0.39, 0.29) is 6.42 Å². The van der Waals surface area contributed by atoms with Crippen LogP contribution in [-0.2, 0) is 11.2 Å². The fourth-order valence-electron chi connectivity index (χ4n) is 1.74. The number of rotatable bonds is 5. The summed E-state index contributed by atoms with van der Waals surface area (Å²) < 4.78 is 0. The van der Waals surface area contributed by atoms with E-state index < -0.39 is 17.9 Å². The fraction of sp³-hybridized carbons (Fsp3) is 0.231. The predicted molar refractivity (Wildman–Crippen MR) is 70.2 cm³/mol. The molecule has 0 fully saturated rings. The third kappa shape index (κ3) is 3.41. The summed E-state index contributed by atoms with van der Waals surface area (Å²) >= 11 is 0. The third-order valence-corrected chi connectivity index (χ3v) is 2.74. The first-order valence-corrected chi connectivity index (χ1v) is 6.00. The molecule has 0 saturated carbocycles. The molecule has 0 bridgehead atoms. The second-order valence-corrected chi connectivity index (χ2v) is 4.33. The molecular weight excluding hydrogens is 260 g/mol. The number of aryl methyl sites for hydroxylation is 1. The third-order valence-electron chi connectivity index (χ3n) is 2.74. The Morgan fingerprint density at radius 1 is 1.50 bits per heavy atom. The topological polar surface area (TPSA) is 108 Å². The molecule has 2 aromatic rings. The maximum absolute atomic E-state index is 12.0. The van der Waals surface area contributed by atoms with E-state index in [4.69, 9.17) is 5.11 Å². The smallest absolute Gasteiger partial charge is 0.326 e. The van der Waals surface area contributed by atoms with Crippen molar-refractivity contribution in [3.8, 4) is 0 Å². The average Bonchev–Trinajstić information content (AvgIpc) is 2.90. The fourth-order valence-corrected chi connectivity index (χ4v) is 1.74. The Morgan fingerprint density at radius 3 is 2.90 bits per heavy atom. The molecule has 0 unspecified atom stereocenters. The normalized spacial score (nSPS) is 11.8. The highest BCUT2D eigenvalue weighted by molar-refractivity contribution is 5.96. The van der Waals surface area contributed by atoms with Crippen molar-refractivity contribution in [2.45, 2.75) is 19.4 Å². The second kappa shape index (κ2) is 5.96. The molecule has 0 spiro atoms. The first kappa shape index (κ1) is 13.7. The van der Waals surface area contributed by atoms with E-state index in [2.05, 4.69) is 20.3 Å². The number of nitrogens with zero attached hydrogens (tertiary/aromatic N) is 2. The molecule has 7 nitrogen and oxygen atoms in total. The van der Waals surface area contributed by atoms with Crippen LogP contribution in [0.15, 0.2) is 30.9 Å². The lowest BCUT2D eigenvalue weighted by atomic mass is 10.1. The van der Waals surface area contributed by atoms with Crippen LogP contribution in [0.5, 0.6) is 0 Å². The minimum atomic E-state index is -1.10. The van der Waals surface area contributed by atoms with Crippen LogP contribution in [0.4, 0.5) is 0 Å². The zero-order valence-corrected chi connectivity index (χ0v) is 10.8. The number of nitrogens with one attached hydrogen (secondary N) is 2. The molecule has 1 atom stereocenters. The Hall–Kier alpha value is -2.70. The van der Waals surface area contributed by atoms with Gasteiger partial charge in [0.15, 0.2) is 0 Å². The van der Waals surface area contributed by atoms with Gasteiger partial charge in [0.25, 0.3) is 5.91 Å². The number of aromatic amines is 1. The summed E-state index contributed by atoms with van der Waals surface area (Å²) in [5, 5.41) is 11.6. The van der Waals surface area contributed by atoms with Crippen LogP contribution in [-0.4, -0.2) is 38.0 Å². The van der Waals surface area contributed by atoms with Gasteiger partial charge >= 0.3 is 5.97 Å². The second-order valence-electron chi connectivity index (χ2n) is 4.33. The largest absolute Gasteiger partial charge is 0.480 e. The predicted octanol–water partition coefficient (Wildman–Crippen LogP) is 0.539. The summed E-state index contributed by atoms with van der Waals surface area (Å²) in [4.78, 5) is 33.8. The molecule has 0 aliphatic rings. The lowest BCUT2D eigenvalue weighted by molar-refractivity contribution is -0.139. The van der Waals surface area contributed by atoms with Crippen molar-refractivity contribution in [3.63, 3.8) is 0 Å². The molecule has 104 valence electrons. The Kier molecular flexibility index (Phi) is 4.09. The number of amides is 1. The number of pyridine rings is 1. The lowest BCUT2D eigenvalue weighted by Gasteiger charge is -2.13. The van der Waals surface area contributed by atoms with E-state index >= 15 is 0 Å². The number of aromatic nitrogens is 3. The number of carboxylic acids is 1. The zero-order valence-electron chi connectivity index (χ0n) is 10.8. The highest BCUT2D eigenvalue weighted by atomic mass is 16.4. The Morgan fingerprint density at radius 2 is 2.30 bits per heavy atom. The summed E-state index contributed by atoms with van der Waals surface area (Å²) in [6.45, 7) is 1.76. The highest BCUT2D eigenvalue weighted by Crippen LogP contribution is 2.04. The van der Waals surface area contributed by atoms with Crippen LogP contribution >= 0.6 is 0 Å². The van der Waals surface area contributed by atoms with Crippen molar-refractivity contribution in [2.24, 2.45) is 0 Å². The van der Waals surface area contributed by atoms with Gasteiger partial charge in [-0.2, -0.15) is 0 Å². The molecule has 20 heavy (non-hydrogen) atoms. The van der Waals surface area contributed by atoms with E-state index in [0.717, 1.165) is 0 Å². The molecule has 1 amide bonds. The Bertz CT molecular complexity index is 610. The van der Waals surface area contributed by atoms with Crippen LogP contribution in [0.3, 0.4) is 0 Å². The SMILES string of the molecule is Cc1cc(C(=O)N[C@@H](Cc2cnc[nH]2)C(=O)O)ccn1. The molecule has 2 rings (SSSR count). The Balaban J connectivity index is 2.08. The van der Waals surface area contributed by atoms with Gasteiger partial charge in [0, 0.05) is 35.8 Å². The monoisotopic (exact) mass is 274 g/mol. The summed E-state index contributed by atoms with van der Waals surface area (Å²) in [6.07, 6.45) is 4.64. The minimum absolute atomic E-state index is 0.144. The molecule has 7 heteroatoms. The van der Waals surface area contributed by atoms with Gasteiger partial charge < -0.3 is 15.4 Å². The van der Waals surface area contributed by atoms with Gasteiger partial charge in [-0.1, -0.05) is 0 Å². The van der Waals surface area contributed by atoms with Gasteiger partial charge in [0.2, 0.25) is 0 Å². The van der Waals surface area contributed by atoms with Gasteiger partial charge in [0.1, 0.15) is 6.04 Å². The van der Waals surface area contributed by atoms with E-state index in [1.165, 1.54) is 24.8 Å². The van der Waals surface area contributed by atoms with Crippen molar-refractivity contribution in [2.75, 3.05) is 0 Å². The van der Waals surface area contributed by atoms with Crippen molar-refractivity contribution in [1.82, 2.24) is 20.3 Å². The highest BCUT2D eigenvalue weighted by Gasteiger charge is 2.21. The van der Waals surface area contributed by atoms with Crippen LogP contribution < -0.4 is 5.32 Å². The zero-order chi connectivity index (χ0) is 14.5. The van der Waals surface area contributed by atoms with E-state index in [9.17, 15) is 9.59 Å². The lowest BCUT2D eigenvalue weighted by Crippen LogP contribution is -2.42. The summed E-state index contributed by atoms with van der Waals surface area (Å²) in [7, 11) is 0. The van der Waals surface area contributed by atoms with E-state index in [1.807, 2.05) is 0 Å². The maximum atomic E-state index is 12.0. The van der Waals surface area contributed by atoms with E-state index in [1.54, 1.807) is 13.0 Å². The molecule has 0 aromatic carbocycles. The molecule has 2 aromatic heterocycles. The molecule has 2 heterocycles. The van der Waals surface area contributed by atoms with E-state index in [0.29, 0.717) is 17.0 Å². The van der Waals surface area contributed by atoms with Gasteiger partial charge in [0.05, 0.1) is 6.33 Å². The molecule has 3 N–H and O–H groups in total. The first-order valence-electron chi connectivity index (χ1n) is 6.00. The number of hydrogen-bond donors (Lipinski definition) is 3. The standard InChI is InChI=1S/C13H14N4O3/c1-8-4-9(2-3-15-8)12(18)17-11(13(19)20)5-10-6-14-7-16-10/h2-4,6-7,11H,5H2,1H3,(H,14,16)(H,17,18)(H,19,20)/t11-/m0/s1. The van der Waals surface area contributed by atoms with Crippen LogP contribution in [0.25, 0.3) is 0 Å². The number of carbonyl (C=O) groups is 2. The number of imidazole rings is 1. The molecule has 0 radical (unpaired) electrons. The van der Waals surface area contributed by atoms with Crippen LogP contribution in [0.1, 0.15) is 21.7 Å². The van der Waals surface area contributed by atoms with Gasteiger partial charge in [-0.05, 0) is 19.1 Å². The number of aliphatic carboxylic acids is 1. The maximum Gasteiger partial charge on any atom is 0.326 e. The molecule has 0 aliphatic heterocycles. The van der Waals surface area contributed by atoms with Crippen molar-refractivity contribution in [3.05, 3.63) is 47.8 Å². The number of carboxylic acid groups (broad SMARTS) is 1. The average molecular weight is 274 g/mol. The van der Waals surface area contributed by atoms with Gasteiger partial charge in [-0.25, -0.2) is 9.78 Å². The summed E-state index contributed by atoms with van der Waals surface area (Å²) in [5.41, 5.74) is 1.72. The summed E-state index contributed by atoms with van der Waals surface area (Å²) in [5.74, 6) is -1.54. The first-order chi connectivity index (χ1) is 9.56. The van der Waals surface area contributed by atoms with Crippen molar-refractivity contribution in [1.29, 1.82) is 0 Å². The molecule has 0 aliphatic carbocycles.